The first-order chi connectivity index (χ1) is 7.13. The summed E-state index contributed by atoms with van der Waals surface area (Å²) in [4.78, 5) is 11.1. The van der Waals surface area contributed by atoms with Gasteiger partial charge in [-0.2, -0.15) is 0 Å². The van der Waals surface area contributed by atoms with Crippen molar-refractivity contribution in [3.05, 3.63) is 47.5 Å². The molecule has 0 aliphatic carbocycles. The molecule has 80 valence electrons. The molecule has 1 rings (SSSR count). The van der Waals surface area contributed by atoms with Gasteiger partial charge in [0.05, 0.1) is 0 Å². The minimum atomic E-state index is -0.364. The zero-order valence-corrected chi connectivity index (χ0v) is 9.38. The number of rotatable bonds is 4. The van der Waals surface area contributed by atoms with Crippen LogP contribution in [0.25, 0.3) is 0 Å². The fraction of sp³-hybridized carbons (Fsp3) is 0.250. The van der Waals surface area contributed by atoms with Crippen LogP contribution in [0.15, 0.2) is 36.4 Å². The van der Waals surface area contributed by atoms with Crippen molar-refractivity contribution in [1.82, 2.24) is 0 Å². The lowest BCUT2D eigenvalue weighted by Crippen LogP contribution is -2.04. The Bertz CT molecular complexity index is 354. The van der Waals surface area contributed by atoms with Crippen molar-refractivity contribution in [3.8, 4) is 0 Å². The Morgan fingerprint density at radius 2 is 1.87 bits per heavy atom. The van der Waals surface area contributed by atoms with Gasteiger partial charge in [0.2, 0.25) is 0 Å². The van der Waals surface area contributed by atoms with Crippen LogP contribution in [0.1, 0.15) is 18.1 Å². The summed E-state index contributed by atoms with van der Waals surface area (Å²) in [6.07, 6.45) is 0. The molecule has 0 aliphatic rings. The van der Waals surface area contributed by atoms with Crippen LogP contribution in [0.2, 0.25) is 0 Å². The Labute approximate surface area is 94.5 Å². The predicted molar refractivity (Wildman–Crippen MR) is 60.6 cm³/mol. The summed E-state index contributed by atoms with van der Waals surface area (Å²) in [6.45, 7) is 5.40. The summed E-state index contributed by atoms with van der Waals surface area (Å²) in [6, 6.07) is 7.61. The highest BCUT2D eigenvalue weighted by molar-refractivity contribution is 6.17. The molecule has 0 unspecified atom stereocenters. The van der Waals surface area contributed by atoms with E-state index in [1.54, 1.807) is 6.92 Å². The van der Waals surface area contributed by atoms with Gasteiger partial charge in [-0.3, -0.25) is 0 Å². The zero-order valence-electron chi connectivity index (χ0n) is 8.63. The number of alkyl halides is 1. The third-order valence-corrected chi connectivity index (χ3v) is 2.20. The van der Waals surface area contributed by atoms with Gasteiger partial charge < -0.3 is 4.74 Å². The molecule has 0 aliphatic heterocycles. The molecule has 0 radical (unpaired) electrons. The minimum Gasteiger partial charge on any atom is -0.457 e. The van der Waals surface area contributed by atoms with Crippen molar-refractivity contribution >= 4 is 17.6 Å². The van der Waals surface area contributed by atoms with Gasteiger partial charge in [0.15, 0.2) is 0 Å². The lowest BCUT2D eigenvalue weighted by atomic mass is 10.2. The highest BCUT2D eigenvalue weighted by Crippen LogP contribution is 2.08. The lowest BCUT2D eigenvalue weighted by Gasteiger charge is -2.04. The second-order valence-electron chi connectivity index (χ2n) is 3.31. The largest absolute Gasteiger partial charge is 0.457 e. The van der Waals surface area contributed by atoms with E-state index in [4.69, 9.17) is 16.3 Å². The quantitative estimate of drug-likeness (QED) is 0.446. The number of benzene rings is 1. The van der Waals surface area contributed by atoms with E-state index in [1.807, 2.05) is 24.3 Å². The fourth-order valence-electron chi connectivity index (χ4n) is 0.997. The van der Waals surface area contributed by atoms with Crippen molar-refractivity contribution < 1.29 is 9.53 Å². The molecule has 0 spiro atoms. The molecule has 0 aromatic heterocycles. The molecule has 0 fully saturated rings. The van der Waals surface area contributed by atoms with Crippen LogP contribution in [0.4, 0.5) is 0 Å². The van der Waals surface area contributed by atoms with Crippen LogP contribution in [-0.2, 0) is 22.0 Å². The lowest BCUT2D eigenvalue weighted by molar-refractivity contribution is -0.140. The van der Waals surface area contributed by atoms with Crippen molar-refractivity contribution in [1.29, 1.82) is 0 Å². The maximum absolute atomic E-state index is 11.1. The minimum absolute atomic E-state index is 0.272. The number of carbonyl (C=O) groups is 1. The van der Waals surface area contributed by atoms with Gasteiger partial charge in [0, 0.05) is 11.5 Å². The SMILES string of the molecule is C=C(C)C(=O)OCc1ccc(CCl)cc1. The van der Waals surface area contributed by atoms with Crippen LogP contribution in [-0.4, -0.2) is 5.97 Å². The molecule has 0 amide bonds. The van der Waals surface area contributed by atoms with Gasteiger partial charge in [0.25, 0.3) is 0 Å². The summed E-state index contributed by atoms with van der Waals surface area (Å²) < 4.78 is 4.99. The number of esters is 1. The topological polar surface area (TPSA) is 26.3 Å². The molecule has 3 heteroatoms. The average Bonchev–Trinajstić information content (AvgIpc) is 2.26. The van der Waals surface area contributed by atoms with Gasteiger partial charge in [-0.25, -0.2) is 4.79 Å². The van der Waals surface area contributed by atoms with Crippen LogP contribution < -0.4 is 0 Å². The molecule has 0 atom stereocenters. The maximum atomic E-state index is 11.1. The van der Waals surface area contributed by atoms with E-state index in [0.29, 0.717) is 11.5 Å². The predicted octanol–water partition coefficient (Wildman–Crippen LogP) is 3.04. The summed E-state index contributed by atoms with van der Waals surface area (Å²) in [5.74, 6) is 0.127. The number of carbonyl (C=O) groups excluding carboxylic acids is 1. The number of halogens is 1. The van der Waals surface area contributed by atoms with E-state index < -0.39 is 0 Å². The molecule has 0 bridgehead atoms. The first-order valence-corrected chi connectivity index (χ1v) is 5.13. The standard InChI is InChI=1S/C12H13ClO2/c1-9(2)12(14)15-8-11-5-3-10(7-13)4-6-11/h3-6H,1,7-8H2,2H3. The molecule has 1 aromatic rings. The molecule has 2 nitrogen and oxygen atoms in total. The Morgan fingerprint density at radius 3 is 2.33 bits per heavy atom. The Balaban J connectivity index is 2.51. The van der Waals surface area contributed by atoms with Crippen molar-refractivity contribution in [2.45, 2.75) is 19.4 Å². The second-order valence-corrected chi connectivity index (χ2v) is 3.57. The third kappa shape index (κ3) is 3.76. The Hall–Kier alpha value is -1.28. The molecular formula is C12H13ClO2. The molecule has 0 N–H and O–H groups in total. The van der Waals surface area contributed by atoms with E-state index >= 15 is 0 Å². The number of ether oxygens (including phenoxy) is 1. The fourth-order valence-corrected chi connectivity index (χ4v) is 1.17. The summed E-state index contributed by atoms with van der Waals surface area (Å²) >= 11 is 5.65. The number of hydrogen-bond acceptors (Lipinski definition) is 2. The van der Waals surface area contributed by atoms with E-state index in [-0.39, 0.29) is 12.6 Å². The molecule has 1 aromatic carbocycles. The van der Waals surface area contributed by atoms with Gasteiger partial charge in [-0.15, -0.1) is 11.6 Å². The molecule has 0 saturated carbocycles. The normalized spacial score (nSPS) is 9.73. The Kier molecular flexibility index (Phi) is 4.37. The van der Waals surface area contributed by atoms with Crippen LogP contribution in [0.5, 0.6) is 0 Å². The molecule has 15 heavy (non-hydrogen) atoms. The second kappa shape index (κ2) is 5.56. The van der Waals surface area contributed by atoms with Gasteiger partial charge in [-0.1, -0.05) is 30.8 Å². The highest BCUT2D eigenvalue weighted by atomic mass is 35.5. The molecule has 0 heterocycles. The van der Waals surface area contributed by atoms with Gasteiger partial charge in [0.1, 0.15) is 6.61 Å². The third-order valence-electron chi connectivity index (χ3n) is 1.90. The molecule has 0 saturated heterocycles. The maximum Gasteiger partial charge on any atom is 0.333 e. The van der Waals surface area contributed by atoms with E-state index in [0.717, 1.165) is 11.1 Å². The number of hydrogen-bond donors (Lipinski definition) is 0. The van der Waals surface area contributed by atoms with E-state index in [1.165, 1.54) is 0 Å². The first-order valence-electron chi connectivity index (χ1n) is 4.60. The van der Waals surface area contributed by atoms with Gasteiger partial charge in [-0.05, 0) is 18.1 Å². The zero-order chi connectivity index (χ0) is 11.3. The summed E-state index contributed by atoms with van der Waals surface area (Å²) in [5.41, 5.74) is 2.40. The monoisotopic (exact) mass is 224 g/mol. The van der Waals surface area contributed by atoms with Crippen LogP contribution in [0, 0.1) is 0 Å². The Morgan fingerprint density at radius 1 is 1.33 bits per heavy atom. The van der Waals surface area contributed by atoms with Crippen molar-refractivity contribution in [2.24, 2.45) is 0 Å². The van der Waals surface area contributed by atoms with Gasteiger partial charge >= 0.3 is 5.97 Å². The van der Waals surface area contributed by atoms with Crippen molar-refractivity contribution in [3.63, 3.8) is 0 Å². The van der Waals surface area contributed by atoms with E-state index in [9.17, 15) is 4.79 Å². The van der Waals surface area contributed by atoms with E-state index in [2.05, 4.69) is 6.58 Å². The molecular weight excluding hydrogens is 212 g/mol. The van der Waals surface area contributed by atoms with Crippen molar-refractivity contribution in [2.75, 3.05) is 0 Å². The summed E-state index contributed by atoms with van der Waals surface area (Å²) in [5, 5.41) is 0. The smallest absolute Gasteiger partial charge is 0.333 e. The van der Waals surface area contributed by atoms with Crippen LogP contribution in [0.3, 0.4) is 0 Å². The summed E-state index contributed by atoms with van der Waals surface area (Å²) in [7, 11) is 0. The van der Waals surface area contributed by atoms with Crippen LogP contribution >= 0.6 is 11.6 Å². The average molecular weight is 225 g/mol. The highest BCUT2D eigenvalue weighted by Gasteiger charge is 2.03. The first kappa shape index (κ1) is 11.8.